The number of aromatic amines is 1. The Morgan fingerprint density at radius 2 is 1.90 bits per heavy atom. The van der Waals surface area contributed by atoms with Crippen LogP contribution in [0.1, 0.15) is 35.4 Å². The Morgan fingerprint density at radius 3 is 2.40 bits per heavy atom. The van der Waals surface area contributed by atoms with Gasteiger partial charge in [-0.05, 0) is 6.42 Å². The van der Waals surface area contributed by atoms with Crippen molar-refractivity contribution in [2.24, 2.45) is 0 Å². The number of nitrogens with one attached hydrogen (secondary N) is 1. The maximum absolute atomic E-state index is 3.45. The number of allylic oxidation sites excluding steroid dienone is 1. The third-order valence-electron chi connectivity index (χ3n) is 3.44. The van der Waals surface area contributed by atoms with E-state index in [1.165, 1.54) is 29.5 Å². The average Bonchev–Trinajstić information content (AvgIpc) is 2.86. The Hall–Kier alpha value is -0.466. The first-order valence-electron chi connectivity index (χ1n) is 6.08. The molecular weight excluding hydrogens is 325 g/mol. The van der Waals surface area contributed by atoms with Gasteiger partial charge in [0.1, 0.15) is 0 Å². The minimum atomic E-state index is 0. The number of aryl methyl sites for hydroxylation is 1. The second-order valence-electron chi connectivity index (χ2n) is 4.61. The van der Waals surface area contributed by atoms with Crippen molar-refractivity contribution in [3.63, 3.8) is 0 Å². The zero-order valence-corrected chi connectivity index (χ0v) is 14.3. The smallest absolute Gasteiger partial charge is 1.00 e. The van der Waals surface area contributed by atoms with E-state index in [0.29, 0.717) is 0 Å². The van der Waals surface area contributed by atoms with Gasteiger partial charge in [-0.2, -0.15) is 35.5 Å². The Morgan fingerprint density at radius 1 is 1.15 bits per heavy atom. The largest absolute Gasteiger partial charge is 4.00 e. The second kappa shape index (κ2) is 8.74. The Bertz CT molecular complexity index is 549. The van der Waals surface area contributed by atoms with Gasteiger partial charge in [0.05, 0.1) is 0 Å². The zero-order chi connectivity index (χ0) is 11.7. The number of hydrogen-bond donors (Lipinski definition) is 1. The summed E-state index contributed by atoms with van der Waals surface area (Å²) in [5, 5.41) is 0. The number of hydrogen-bond acceptors (Lipinski definition) is 0. The molecule has 1 unspecified atom stereocenters. The first kappa shape index (κ1) is 19.5. The van der Waals surface area contributed by atoms with Gasteiger partial charge in [-0.15, -0.1) is 29.5 Å². The van der Waals surface area contributed by atoms with Crippen LogP contribution in [0, 0.1) is 19.2 Å². The first-order valence-corrected chi connectivity index (χ1v) is 6.08. The molecule has 0 amide bonds. The molecule has 2 aromatic rings. The molecule has 1 saturated carbocycles. The third-order valence-corrected chi connectivity index (χ3v) is 3.44. The van der Waals surface area contributed by atoms with Crippen LogP contribution in [0.2, 0.25) is 0 Å². The second-order valence-corrected chi connectivity index (χ2v) is 4.61. The molecule has 0 saturated heterocycles. The van der Waals surface area contributed by atoms with Gasteiger partial charge >= 0.3 is 21.7 Å². The van der Waals surface area contributed by atoms with Gasteiger partial charge in [-0.1, -0.05) is 25.3 Å². The third kappa shape index (κ3) is 4.02. The van der Waals surface area contributed by atoms with Crippen molar-refractivity contribution in [2.45, 2.75) is 25.7 Å². The molecule has 0 radical (unpaired) electrons. The van der Waals surface area contributed by atoms with E-state index in [-0.39, 0.29) is 46.5 Å². The van der Waals surface area contributed by atoms with Crippen LogP contribution >= 0.6 is 0 Å². The number of H-pyrrole nitrogens is 1. The minimum Gasteiger partial charge on any atom is -1.00 e. The fourth-order valence-corrected chi connectivity index (χ4v) is 2.38. The molecule has 2 aliphatic rings. The first-order chi connectivity index (χ1) is 8.34. The molecule has 1 N–H and O–H groups in total. The molecule has 0 aliphatic heterocycles. The van der Waals surface area contributed by atoms with E-state index >= 15 is 0 Å². The minimum absolute atomic E-state index is 0. The number of rotatable bonds is 0. The van der Waals surface area contributed by atoms with Crippen LogP contribution in [-0.2, 0) is 21.7 Å². The van der Waals surface area contributed by atoms with Gasteiger partial charge in [0.25, 0.3) is 0 Å². The Kier molecular flexibility index (Phi) is 8.54. The SMILES string of the molecule is Cc1[c-][nH]cc1.[C-]1=C2CCC2c2ccccc21.[Cl-].[Cl-].[Ti+4]. The van der Waals surface area contributed by atoms with E-state index in [2.05, 4.69) is 41.5 Å². The van der Waals surface area contributed by atoms with Crippen molar-refractivity contribution in [1.29, 1.82) is 0 Å². The number of benzene rings is 1. The fourth-order valence-electron chi connectivity index (χ4n) is 2.38. The molecule has 4 rings (SSSR count). The van der Waals surface area contributed by atoms with Crippen molar-refractivity contribution in [1.82, 2.24) is 4.98 Å². The van der Waals surface area contributed by atoms with Crippen molar-refractivity contribution in [2.75, 3.05) is 0 Å². The van der Waals surface area contributed by atoms with Gasteiger partial charge in [0.15, 0.2) is 0 Å². The molecule has 1 atom stereocenters. The van der Waals surface area contributed by atoms with Crippen molar-refractivity contribution in [3.05, 3.63) is 71.1 Å². The molecular formula is C16H15Cl2NTi. The average molecular weight is 340 g/mol. The summed E-state index contributed by atoms with van der Waals surface area (Å²) >= 11 is 0. The normalized spacial score (nSPS) is 16.4. The number of fused-ring (bicyclic) bond motifs is 3. The van der Waals surface area contributed by atoms with Gasteiger partial charge < -0.3 is 29.8 Å². The van der Waals surface area contributed by atoms with Gasteiger partial charge in [-0.3, -0.25) is 0 Å². The molecule has 1 aromatic heterocycles. The fraction of sp³-hybridized carbons (Fsp3) is 0.250. The molecule has 1 heterocycles. The van der Waals surface area contributed by atoms with Crippen molar-refractivity contribution >= 4 is 0 Å². The number of halogens is 2. The molecule has 102 valence electrons. The van der Waals surface area contributed by atoms with Crippen molar-refractivity contribution in [3.8, 4) is 0 Å². The van der Waals surface area contributed by atoms with E-state index < -0.39 is 0 Å². The zero-order valence-electron chi connectivity index (χ0n) is 11.2. The molecule has 20 heavy (non-hydrogen) atoms. The maximum Gasteiger partial charge on any atom is 4.00 e. The summed E-state index contributed by atoms with van der Waals surface area (Å²) in [6, 6.07) is 10.6. The summed E-state index contributed by atoms with van der Waals surface area (Å²) in [7, 11) is 0. The summed E-state index contributed by atoms with van der Waals surface area (Å²) in [4.78, 5) is 2.80. The monoisotopic (exact) mass is 339 g/mol. The van der Waals surface area contributed by atoms with Crippen LogP contribution in [0.15, 0.2) is 42.1 Å². The van der Waals surface area contributed by atoms with E-state index in [0.717, 1.165) is 11.5 Å². The van der Waals surface area contributed by atoms with Crippen LogP contribution < -0.4 is 24.8 Å². The van der Waals surface area contributed by atoms with E-state index in [4.69, 9.17) is 0 Å². The van der Waals surface area contributed by atoms with E-state index in [1.807, 2.05) is 19.2 Å². The topological polar surface area (TPSA) is 15.8 Å². The van der Waals surface area contributed by atoms with Crippen LogP contribution in [-0.4, -0.2) is 4.98 Å². The summed E-state index contributed by atoms with van der Waals surface area (Å²) in [6.45, 7) is 2.00. The summed E-state index contributed by atoms with van der Waals surface area (Å²) in [5.41, 5.74) is 5.54. The van der Waals surface area contributed by atoms with Gasteiger partial charge in [-0.25, -0.2) is 0 Å². The van der Waals surface area contributed by atoms with Crippen LogP contribution in [0.4, 0.5) is 0 Å². The molecule has 0 spiro atoms. The predicted molar refractivity (Wildman–Crippen MR) is 68.6 cm³/mol. The maximum atomic E-state index is 3.45. The molecule has 2 aliphatic carbocycles. The van der Waals surface area contributed by atoms with Gasteiger partial charge in [0, 0.05) is 0 Å². The standard InChI is InChI=1S/C11H9.C5H6N.2ClH.Ti/c1-2-4-10-8(3-1)7-9-5-6-11(9)10;1-5-2-3-6-4-5;;;/h1-4,11H,5-6H2;2-3,6H,1H3;2*1H;/q2*-1;;;+4/p-2. The summed E-state index contributed by atoms with van der Waals surface area (Å²) < 4.78 is 0. The Labute approximate surface area is 148 Å². The molecule has 1 aromatic carbocycles. The summed E-state index contributed by atoms with van der Waals surface area (Å²) in [6.07, 6.45) is 10.8. The van der Waals surface area contributed by atoms with Crippen LogP contribution in [0.3, 0.4) is 0 Å². The Balaban J connectivity index is 0.000000356. The quantitative estimate of drug-likeness (QED) is 0.413. The predicted octanol–water partition coefficient (Wildman–Crippen LogP) is -2.22. The molecule has 4 heteroatoms. The summed E-state index contributed by atoms with van der Waals surface area (Å²) in [5.74, 6) is 0.756. The molecule has 1 fully saturated rings. The van der Waals surface area contributed by atoms with Crippen molar-refractivity contribution < 1.29 is 46.5 Å². The van der Waals surface area contributed by atoms with Gasteiger partial charge in [0.2, 0.25) is 0 Å². The van der Waals surface area contributed by atoms with Crippen LogP contribution in [0.25, 0.3) is 0 Å². The van der Waals surface area contributed by atoms with Crippen LogP contribution in [0.5, 0.6) is 0 Å². The number of aromatic nitrogens is 1. The van der Waals surface area contributed by atoms with E-state index in [9.17, 15) is 0 Å². The molecule has 1 nitrogen and oxygen atoms in total. The van der Waals surface area contributed by atoms with E-state index in [1.54, 1.807) is 0 Å². The molecule has 0 bridgehead atoms.